The largest absolute Gasteiger partial charge is 0.383 e. The highest BCUT2D eigenvalue weighted by atomic mass is 16.3. The van der Waals surface area contributed by atoms with Crippen molar-refractivity contribution in [1.82, 2.24) is 0 Å². The molecule has 0 aliphatic heterocycles. The van der Waals surface area contributed by atoms with Gasteiger partial charge in [-0.25, -0.2) is 0 Å². The van der Waals surface area contributed by atoms with Gasteiger partial charge in [0.1, 0.15) is 5.60 Å². The third-order valence-corrected chi connectivity index (χ3v) is 3.35. The van der Waals surface area contributed by atoms with Crippen molar-refractivity contribution in [3.05, 3.63) is 35.4 Å². The van der Waals surface area contributed by atoms with E-state index in [1.165, 1.54) is 5.56 Å². The van der Waals surface area contributed by atoms with E-state index < -0.39 is 5.60 Å². The molecule has 0 aromatic heterocycles. The molecular weight excluding hydrogens is 198 g/mol. The molecule has 2 heteroatoms. The summed E-state index contributed by atoms with van der Waals surface area (Å²) in [6.07, 6.45) is 0.971. The Kier molecular flexibility index (Phi) is 3.76. The Hall–Kier alpha value is -0.860. The van der Waals surface area contributed by atoms with Crippen LogP contribution in [0.1, 0.15) is 38.8 Å². The van der Waals surface area contributed by atoms with Gasteiger partial charge in [-0.1, -0.05) is 52.0 Å². The molecule has 0 saturated heterocycles. The molecule has 0 radical (unpaired) electrons. The van der Waals surface area contributed by atoms with Crippen LogP contribution < -0.4 is 5.73 Å². The van der Waals surface area contributed by atoms with Gasteiger partial charge in [-0.3, -0.25) is 0 Å². The molecule has 0 spiro atoms. The lowest BCUT2D eigenvalue weighted by molar-refractivity contribution is -0.0557. The summed E-state index contributed by atoms with van der Waals surface area (Å²) in [5, 5.41) is 10.7. The summed E-state index contributed by atoms with van der Waals surface area (Å²) >= 11 is 0. The van der Waals surface area contributed by atoms with E-state index in [2.05, 4.69) is 19.1 Å². The number of benzene rings is 1. The first-order chi connectivity index (χ1) is 7.35. The Bertz CT molecular complexity index is 354. The minimum Gasteiger partial charge on any atom is -0.383 e. The molecule has 1 atom stereocenters. The normalized spacial score (nSPS) is 15.9. The van der Waals surface area contributed by atoms with Crippen LogP contribution in [0.3, 0.4) is 0 Å². The summed E-state index contributed by atoms with van der Waals surface area (Å²) < 4.78 is 0. The number of aryl methyl sites for hydroxylation is 1. The Labute approximate surface area is 98.5 Å². The topological polar surface area (TPSA) is 46.2 Å². The van der Waals surface area contributed by atoms with E-state index in [1.54, 1.807) is 0 Å². The quantitative estimate of drug-likeness (QED) is 0.823. The van der Waals surface area contributed by atoms with E-state index in [0.717, 1.165) is 12.0 Å². The van der Waals surface area contributed by atoms with E-state index in [4.69, 9.17) is 5.73 Å². The Morgan fingerprint density at radius 1 is 1.25 bits per heavy atom. The van der Waals surface area contributed by atoms with Crippen LogP contribution in [-0.2, 0) is 12.0 Å². The number of nitrogens with two attached hydrogens (primary N) is 1. The van der Waals surface area contributed by atoms with Gasteiger partial charge in [0.15, 0.2) is 0 Å². The highest BCUT2D eigenvalue weighted by Crippen LogP contribution is 2.38. The van der Waals surface area contributed by atoms with Crippen LogP contribution in [-0.4, -0.2) is 11.7 Å². The Morgan fingerprint density at radius 3 is 2.31 bits per heavy atom. The summed E-state index contributed by atoms with van der Waals surface area (Å²) in [5.74, 6) is 0. The monoisotopic (exact) mass is 221 g/mol. The van der Waals surface area contributed by atoms with Crippen molar-refractivity contribution in [2.75, 3.05) is 6.54 Å². The minimum atomic E-state index is -0.960. The van der Waals surface area contributed by atoms with E-state index in [0.29, 0.717) is 0 Å². The molecule has 16 heavy (non-hydrogen) atoms. The predicted molar refractivity (Wildman–Crippen MR) is 68.2 cm³/mol. The first-order valence-corrected chi connectivity index (χ1v) is 5.87. The van der Waals surface area contributed by atoms with Crippen LogP contribution in [0.5, 0.6) is 0 Å². The SMILES string of the molecule is CCc1cccc(C(O)(CN)C(C)(C)C)c1. The molecule has 90 valence electrons. The van der Waals surface area contributed by atoms with Crippen molar-refractivity contribution in [2.45, 2.75) is 39.7 Å². The first kappa shape index (κ1) is 13.2. The molecule has 0 aliphatic rings. The standard InChI is InChI=1S/C14H23NO/c1-5-11-7-6-8-12(9-11)14(16,10-15)13(2,3)4/h6-9,16H,5,10,15H2,1-4H3. The van der Waals surface area contributed by atoms with E-state index in [-0.39, 0.29) is 12.0 Å². The smallest absolute Gasteiger partial charge is 0.107 e. The molecule has 1 aromatic rings. The average molecular weight is 221 g/mol. The molecule has 0 fully saturated rings. The van der Waals surface area contributed by atoms with Gasteiger partial charge in [-0.05, 0) is 23.0 Å². The molecule has 1 aromatic carbocycles. The van der Waals surface area contributed by atoms with Crippen LogP contribution in [0.2, 0.25) is 0 Å². The molecular formula is C14H23NO. The maximum atomic E-state index is 10.7. The zero-order valence-corrected chi connectivity index (χ0v) is 10.7. The molecule has 0 saturated carbocycles. The van der Waals surface area contributed by atoms with Crippen LogP contribution in [0, 0.1) is 5.41 Å². The molecule has 1 unspecified atom stereocenters. The maximum Gasteiger partial charge on any atom is 0.107 e. The maximum absolute atomic E-state index is 10.7. The van der Waals surface area contributed by atoms with Crippen molar-refractivity contribution >= 4 is 0 Å². The number of hydrogen-bond acceptors (Lipinski definition) is 2. The van der Waals surface area contributed by atoms with E-state index in [9.17, 15) is 5.11 Å². The summed E-state index contributed by atoms with van der Waals surface area (Å²) in [7, 11) is 0. The van der Waals surface area contributed by atoms with Gasteiger partial charge in [-0.15, -0.1) is 0 Å². The van der Waals surface area contributed by atoms with Gasteiger partial charge in [0.25, 0.3) is 0 Å². The first-order valence-electron chi connectivity index (χ1n) is 5.87. The molecule has 3 N–H and O–H groups in total. The fraction of sp³-hybridized carbons (Fsp3) is 0.571. The van der Waals surface area contributed by atoms with Crippen molar-refractivity contribution in [2.24, 2.45) is 11.1 Å². The summed E-state index contributed by atoms with van der Waals surface area (Å²) in [6.45, 7) is 8.39. The second kappa shape index (κ2) is 4.56. The molecule has 1 rings (SSSR count). The van der Waals surface area contributed by atoms with Crippen LogP contribution >= 0.6 is 0 Å². The molecule has 2 nitrogen and oxygen atoms in total. The third-order valence-electron chi connectivity index (χ3n) is 3.35. The van der Waals surface area contributed by atoms with E-state index >= 15 is 0 Å². The van der Waals surface area contributed by atoms with Crippen molar-refractivity contribution in [1.29, 1.82) is 0 Å². The molecule has 0 aliphatic carbocycles. The average Bonchev–Trinajstić information content (AvgIpc) is 2.26. The van der Waals surface area contributed by atoms with Gasteiger partial charge < -0.3 is 10.8 Å². The zero-order valence-electron chi connectivity index (χ0n) is 10.7. The summed E-state index contributed by atoms with van der Waals surface area (Å²) in [6, 6.07) is 8.07. The molecule has 0 heterocycles. The molecule has 0 bridgehead atoms. The number of aliphatic hydroxyl groups is 1. The fourth-order valence-electron chi connectivity index (χ4n) is 1.91. The van der Waals surface area contributed by atoms with Crippen LogP contribution in [0.15, 0.2) is 24.3 Å². The second-order valence-corrected chi connectivity index (χ2v) is 5.37. The highest BCUT2D eigenvalue weighted by Gasteiger charge is 2.40. The fourth-order valence-corrected chi connectivity index (χ4v) is 1.91. The Balaban J connectivity index is 3.23. The highest BCUT2D eigenvalue weighted by molar-refractivity contribution is 5.30. The Morgan fingerprint density at radius 2 is 1.88 bits per heavy atom. The minimum absolute atomic E-state index is 0.240. The van der Waals surface area contributed by atoms with E-state index in [1.807, 2.05) is 32.9 Å². The third kappa shape index (κ3) is 2.28. The van der Waals surface area contributed by atoms with Gasteiger partial charge in [0, 0.05) is 6.54 Å². The lowest BCUT2D eigenvalue weighted by atomic mass is 9.72. The van der Waals surface area contributed by atoms with Gasteiger partial charge >= 0.3 is 0 Å². The van der Waals surface area contributed by atoms with Gasteiger partial charge in [0.2, 0.25) is 0 Å². The summed E-state index contributed by atoms with van der Waals surface area (Å²) in [5.41, 5.74) is 6.69. The lowest BCUT2D eigenvalue weighted by Gasteiger charge is -2.40. The lowest BCUT2D eigenvalue weighted by Crippen LogP contribution is -2.46. The second-order valence-electron chi connectivity index (χ2n) is 5.37. The van der Waals surface area contributed by atoms with Crippen LogP contribution in [0.4, 0.5) is 0 Å². The predicted octanol–water partition coefficient (Wildman–Crippen LogP) is 2.44. The van der Waals surface area contributed by atoms with Crippen LogP contribution in [0.25, 0.3) is 0 Å². The van der Waals surface area contributed by atoms with Crippen molar-refractivity contribution < 1.29 is 5.11 Å². The number of hydrogen-bond donors (Lipinski definition) is 2. The summed E-state index contributed by atoms with van der Waals surface area (Å²) in [4.78, 5) is 0. The van der Waals surface area contributed by atoms with Crippen molar-refractivity contribution in [3.8, 4) is 0 Å². The zero-order chi connectivity index (χ0) is 12.4. The van der Waals surface area contributed by atoms with Crippen molar-refractivity contribution in [3.63, 3.8) is 0 Å². The van der Waals surface area contributed by atoms with Gasteiger partial charge in [0.05, 0.1) is 0 Å². The van der Waals surface area contributed by atoms with Gasteiger partial charge in [-0.2, -0.15) is 0 Å². The number of rotatable bonds is 3. The molecule has 0 amide bonds.